The molecule has 6 nitrogen and oxygen atoms in total. The largest absolute Gasteiger partial charge is 0.496 e. The van der Waals surface area contributed by atoms with E-state index in [2.05, 4.69) is 4.72 Å². The number of rotatable bonds is 7. The average Bonchev–Trinajstić information content (AvgIpc) is 2.61. The Morgan fingerprint density at radius 2 is 1.85 bits per heavy atom. The van der Waals surface area contributed by atoms with Crippen molar-refractivity contribution in [2.45, 2.75) is 31.3 Å². The molecule has 26 heavy (non-hydrogen) atoms. The molecule has 0 spiro atoms. The normalized spacial score (nSPS) is 12.5. The molecule has 0 aliphatic rings. The van der Waals surface area contributed by atoms with E-state index < -0.39 is 16.1 Å². The quantitative estimate of drug-likeness (QED) is 0.805. The van der Waals surface area contributed by atoms with Crippen LogP contribution in [-0.2, 0) is 21.4 Å². The first-order chi connectivity index (χ1) is 12.2. The van der Waals surface area contributed by atoms with Gasteiger partial charge in [0.1, 0.15) is 5.75 Å². The number of carbonyl (C=O) groups is 1. The Morgan fingerprint density at radius 3 is 2.42 bits per heavy atom. The molecule has 0 fully saturated rings. The molecule has 0 heterocycles. The highest BCUT2D eigenvalue weighted by molar-refractivity contribution is 7.89. The molecule has 2 aromatic rings. The second-order valence-electron chi connectivity index (χ2n) is 6.15. The zero-order valence-corrected chi connectivity index (χ0v) is 16.2. The highest BCUT2D eigenvalue weighted by Crippen LogP contribution is 2.21. The van der Waals surface area contributed by atoms with E-state index in [9.17, 15) is 13.2 Å². The van der Waals surface area contributed by atoms with E-state index in [1.807, 2.05) is 30.3 Å². The number of hydrogen-bond donors (Lipinski definition) is 1. The molecule has 1 atom stereocenters. The monoisotopic (exact) mass is 376 g/mol. The Morgan fingerprint density at radius 1 is 1.19 bits per heavy atom. The molecule has 2 aromatic carbocycles. The molecule has 0 radical (unpaired) electrons. The van der Waals surface area contributed by atoms with Gasteiger partial charge in [-0.15, -0.1) is 0 Å². The number of nitrogens with zero attached hydrogens (tertiary/aromatic N) is 1. The predicted molar refractivity (Wildman–Crippen MR) is 100 cm³/mol. The number of carbonyl (C=O) groups excluding carboxylic acids is 1. The van der Waals surface area contributed by atoms with Crippen molar-refractivity contribution in [1.82, 2.24) is 9.62 Å². The lowest BCUT2D eigenvalue weighted by molar-refractivity contribution is -0.131. The lowest BCUT2D eigenvalue weighted by Gasteiger charge is -2.22. The van der Waals surface area contributed by atoms with Crippen molar-refractivity contribution < 1.29 is 17.9 Å². The van der Waals surface area contributed by atoms with Crippen LogP contribution in [-0.4, -0.2) is 39.4 Å². The summed E-state index contributed by atoms with van der Waals surface area (Å²) in [5.41, 5.74) is 1.68. The Kier molecular flexibility index (Phi) is 6.39. The molecule has 0 bridgehead atoms. The molecule has 1 amide bonds. The number of sulfonamides is 1. The average molecular weight is 376 g/mol. The maximum absolute atomic E-state index is 12.6. The lowest BCUT2D eigenvalue weighted by Crippen LogP contribution is -2.45. The third kappa shape index (κ3) is 4.83. The standard InChI is InChI=1S/C19H24N2O4S/c1-14-12-17(10-11-18(14)25-4)26(23,24)20-15(2)19(22)21(3)13-16-8-6-5-7-9-16/h5-12,15,20H,13H2,1-4H3/t15-/m0/s1. The second-order valence-corrected chi connectivity index (χ2v) is 7.87. The van der Waals surface area contributed by atoms with Gasteiger partial charge >= 0.3 is 0 Å². The van der Waals surface area contributed by atoms with Crippen LogP contribution in [0.1, 0.15) is 18.1 Å². The molecule has 0 aliphatic heterocycles. The van der Waals surface area contributed by atoms with Crippen molar-refractivity contribution in [3.63, 3.8) is 0 Å². The molecule has 7 heteroatoms. The minimum absolute atomic E-state index is 0.0983. The van der Waals surface area contributed by atoms with Gasteiger partial charge in [-0.3, -0.25) is 4.79 Å². The number of ether oxygens (including phenoxy) is 1. The molecule has 0 saturated heterocycles. The third-order valence-electron chi connectivity index (χ3n) is 4.02. The highest BCUT2D eigenvalue weighted by Gasteiger charge is 2.24. The van der Waals surface area contributed by atoms with Gasteiger partial charge in [0.05, 0.1) is 18.0 Å². The van der Waals surface area contributed by atoms with Gasteiger partial charge in [0.2, 0.25) is 15.9 Å². The van der Waals surface area contributed by atoms with Crippen molar-refractivity contribution in [2.24, 2.45) is 0 Å². The van der Waals surface area contributed by atoms with Crippen molar-refractivity contribution in [2.75, 3.05) is 14.2 Å². The Labute approximate surface area is 154 Å². The van der Waals surface area contributed by atoms with Gasteiger partial charge in [0.25, 0.3) is 0 Å². The number of hydrogen-bond acceptors (Lipinski definition) is 4. The first kappa shape index (κ1) is 19.9. The fourth-order valence-electron chi connectivity index (χ4n) is 2.64. The van der Waals surface area contributed by atoms with E-state index in [-0.39, 0.29) is 10.8 Å². The number of amides is 1. The fraction of sp³-hybridized carbons (Fsp3) is 0.316. The third-order valence-corrected chi connectivity index (χ3v) is 5.56. The van der Waals surface area contributed by atoms with E-state index in [0.29, 0.717) is 17.9 Å². The summed E-state index contributed by atoms with van der Waals surface area (Å²) in [7, 11) is -0.635. The van der Waals surface area contributed by atoms with Crippen LogP contribution in [0.15, 0.2) is 53.4 Å². The van der Waals surface area contributed by atoms with Crippen LogP contribution in [0.2, 0.25) is 0 Å². The summed E-state index contributed by atoms with van der Waals surface area (Å²) in [4.78, 5) is 14.1. The first-order valence-corrected chi connectivity index (χ1v) is 9.69. The van der Waals surface area contributed by atoms with Crippen LogP contribution in [0, 0.1) is 6.92 Å². The lowest BCUT2D eigenvalue weighted by atomic mass is 10.2. The van der Waals surface area contributed by atoms with E-state index in [0.717, 1.165) is 5.56 Å². The number of methoxy groups -OCH3 is 1. The summed E-state index contributed by atoms with van der Waals surface area (Å²) in [5, 5.41) is 0. The van der Waals surface area contributed by atoms with Crippen LogP contribution in [0.25, 0.3) is 0 Å². The maximum Gasteiger partial charge on any atom is 0.241 e. The Bertz CT molecular complexity index is 866. The van der Waals surface area contributed by atoms with Gasteiger partial charge < -0.3 is 9.64 Å². The molecule has 0 saturated carbocycles. The van der Waals surface area contributed by atoms with Gasteiger partial charge in [-0.25, -0.2) is 8.42 Å². The molecule has 140 valence electrons. The van der Waals surface area contributed by atoms with E-state index in [4.69, 9.17) is 4.74 Å². The second kappa shape index (κ2) is 8.33. The van der Waals surface area contributed by atoms with Crippen molar-refractivity contribution in [3.8, 4) is 5.75 Å². The molecular formula is C19H24N2O4S. The molecule has 2 rings (SSSR count). The maximum atomic E-state index is 12.6. The molecular weight excluding hydrogens is 352 g/mol. The Balaban J connectivity index is 2.08. The van der Waals surface area contributed by atoms with Crippen molar-refractivity contribution in [3.05, 3.63) is 59.7 Å². The van der Waals surface area contributed by atoms with Crippen LogP contribution >= 0.6 is 0 Å². The fourth-order valence-corrected chi connectivity index (χ4v) is 3.92. The summed E-state index contributed by atoms with van der Waals surface area (Å²) in [5.74, 6) is 0.304. The van der Waals surface area contributed by atoms with Gasteiger partial charge in [-0.1, -0.05) is 30.3 Å². The summed E-state index contributed by atoms with van der Waals surface area (Å²) in [6.07, 6.45) is 0. The predicted octanol–water partition coefficient (Wildman–Crippen LogP) is 2.33. The summed E-state index contributed by atoms with van der Waals surface area (Å²) in [6.45, 7) is 3.71. The summed E-state index contributed by atoms with van der Waals surface area (Å²) in [6, 6.07) is 13.2. The molecule has 0 aromatic heterocycles. The van der Waals surface area contributed by atoms with Crippen molar-refractivity contribution >= 4 is 15.9 Å². The molecule has 0 unspecified atom stereocenters. The van der Waals surface area contributed by atoms with Gasteiger partial charge in [-0.2, -0.15) is 4.72 Å². The summed E-state index contributed by atoms with van der Waals surface area (Å²) < 4.78 is 32.7. The zero-order valence-electron chi connectivity index (χ0n) is 15.4. The SMILES string of the molecule is COc1ccc(S(=O)(=O)N[C@@H](C)C(=O)N(C)Cc2ccccc2)cc1C. The van der Waals surface area contributed by atoms with E-state index >= 15 is 0 Å². The smallest absolute Gasteiger partial charge is 0.241 e. The van der Waals surface area contributed by atoms with E-state index in [1.165, 1.54) is 31.1 Å². The first-order valence-electron chi connectivity index (χ1n) is 8.20. The number of nitrogens with one attached hydrogen (secondary N) is 1. The summed E-state index contributed by atoms with van der Waals surface area (Å²) >= 11 is 0. The molecule has 0 aliphatic carbocycles. The topological polar surface area (TPSA) is 75.7 Å². The zero-order chi connectivity index (χ0) is 19.3. The Hall–Kier alpha value is -2.38. The number of benzene rings is 2. The van der Waals surface area contributed by atoms with Crippen molar-refractivity contribution in [1.29, 1.82) is 0 Å². The minimum Gasteiger partial charge on any atom is -0.496 e. The van der Waals surface area contributed by atoms with Gasteiger partial charge in [-0.05, 0) is 43.2 Å². The van der Waals surface area contributed by atoms with Crippen LogP contribution in [0.3, 0.4) is 0 Å². The van der Waals surface area contributed by atoms with Gasteiger partial charge in [0, 0.05) is 13.6 Å². The van der Waals surface area contributed by atoms with Crippen LogP contribution < -0.4 is 9.46 Å². The number of likely N-dealkylation sites (N-methyl/N-ethyl adjacent to an activating group) is 1. The van der Waals surface area contributed by atoms with Gasteiger partial charge in [0.15, 0.2) is 0 Å². The van der Waals surface area contributed by atoms with Crippen LogP contribution in [0.5, 0.6) is 5.75 Å². The highest BCUT2D eigenvalue weighted by atomic mass is 32.2. The van der Waals surface area contributed by atoms with E-state index in [1.54, 1.807) is 20.0 Å². The van der Waals surface area contributed by atoms with Crippen LogP contribution in [0.4, 0.5) is 0 Å². The molecule has 1 N–H and O–H groups in total. The number of aryl methyl sites for hydroxylation is 1. The minimum atomic E-state index is -3.81.